The Morgan fingerprint density at radius 2 is 1.71 bits per heavy atom. The summed E-state index contributed by atoms with van der Waals surface area (Å²) >= 11 is 0. The highest BCUT2D eigenvalue weighted by atomic mass is 19.4. The first-order chi connectivity index (χ1) is 8.02. The molecule has 0 bridgehead atoms. The third-order valence-corrected chi connectivity index (χ3v) is 2.49. The van der Waals surface area contributed by atoms with Gasteiger partial charge < -0.3 is 15.2 Å². The second-order valence-corrected chi connectivity index (χ2v) is 3.69. The summed E-state index contributed by atoms with van der Waals surface area (Å²) in [6.45, 7) is 0.768. The number of alkyl halides is 3. The lowest BCUT2D eigenvalue weighted by atomic mass is 10.0. The molecule has 0 saturated heterocycles. The van der Waals surface area contributed by atoms with Gasteiger partial charge in [-0.2, -0.15) is 13.2 Å². The Balaban J connectivity index is 2.48. The SMILES string of the molecule is NCCc1cc2c(cc1C(F)(F)F)OCCO2. The summed E-state index contributed by atoms with van der Waals surface area (Å²) in [6.07, 6.45) is -4.24. The Labute approximate surface area is 96.3 Å². The van der Waals surface area contributed by atoms with Gasteiger partial charge in [0.1, 0.15) is 13.2 Å². The molecule has 1 heterocycles. The van der Waals surface area contributed by atoms with Crippen molar-refractivity contribution < 1.29 is 22.6 Å². The first kappa shape index (κ1) is 12.0. The Morgan fingerprint density at radius 3 is 2.24 bits per heavy atom. The van der Waals surface area contributed by atoms with Gasteiger partial charge >= 0.3 is 6.18 Å². The largest absolute Gasteiger partial charge is 0.486 e. The van der Waals surface area contributed by atoms with Gasteiger partial charge in [0.2, 0.25) is 0 Å². The van der Waals surface area contributed by atoms with Crippen LogP contribution >= 0.6 is 0 Å². The van der Waals surface area contributed by atoms with Gasteiger partial charge in [0.05, 0.1) is 5.56 Å². The van der Waals surface area contributed by atoms with Crippen LogP contribution < -0.4 is 15.2 Å². The van der Waals surface area contributed by atoms with E-state index in [2.05, 4.69) is 0 Å². The summed E-state index contributed by atoms with van der Waals surface area (Å²) in [5, 5.41) is 0. The first-order valence-corrected chi connectivity index (χ1v) is 5.22. The van der Waals surface area contributed by atoms with E-state index in [9.17, 15) is 13.2 Å². The quantitative estimate of drug-likeness (QED) is 0.869. The molecule has 0 atom stereocenters. The molecule has 1 aromatic carbocycles. The minimum atomic E-state index is -4.40. The van der Waals surface area contributed by atoms with Crippen LogP contribution in [0.2, 0.25) is 0 Å². The van der Waals surface area contributed by atoms with Crippen molar-refractivity contribution in [2.75, 3.05) is 19.8 Å². The summed E-state index contributed by atoms with van der Waals surface area (Å²) in [4.78, 5) is 0. The van der Waals surface area contributed by atoms with Crippen LogP contribution in [-0.4, -0.2) is 19.8 Å². The molecule has 17 heavy (non-hydrogen) atoms. The predicted octanol–water partition coefficient (Wildman–Crippen LogP) is 1.98. The van der Waals surface area contributed by atoms with Crippen molar-refractivity contribution in [2.24, 2.45) is 5.73 Å². The van der Waals surface area contributed by atoms with Crippen LogP contribution in [0.3, 0.4) is 0 Å². The van der Waals surface area contributed by atoms with Gasteiger partial charge in [-0.05, 0) is 30.7 Å². The molecule has 0 unspecified atom stereocenters. The molecule has 0 aromatic heterocycles. The van der Waals surface area contributed by atoms with Crippen molar-refractivity contribution in [3.8, 4) is 11.5 Å². The van der Waals surface area contributed by atoms with Crippen molar-refractivity contribution in [1.82, 2.24) is 0 Å². The maximum absolute atomic E-state index is 12.8. The highest BCUT2D eigenvalue weighted by Gasteiger charge is 2.35. The molecule has 0 saturated carbocycles. The van der Waals surface area contributed by atoms with Crippen molar-refractivity contribution in [3.05, 3.63) is 23.3 Å². The van der Waals surface area contributed by atoms with Gasteiger partial charge in [0.15, 0.2) is 11.5 Å². The van der Waals surface area contributed by atoms with E-state index in [4.69, 9.17) is 15.2 Å². The predicted molar refractivity (Wildman–Crippen MR) is 55.2 cm³/mol. The van der Waals surface area contributed by atoms with E-state index in [0.717, 1.165) is 6.07 Å². The van der Waals surface area contributed by atoms with Gasteiger partial charge in [-0.1, -0.05) is 0 Å². The number of benzene rings is 1. The summed E-state index contributed by atoms with van der Waals surface area (Å²) < 4.78 is 48.8. The molecule has 0 aliphatic carbocycles. The number of fused-ring (bicyclic) bond motifs is 1. The number of ether oxygens (including phenoxy) is 2. The van der Waals surface area contributed by atoms with E-state index in [1.54, 1.807) is 0 Å². The van der Waals surface area contributed by atoms with Crippen LogP contribution in [0.25, 0.3) is 0 Å². The summed E-state index contributed by atoms with van der Waals surface area (Å²) in [5.41, 5.74) is 4.75. The zero-order chi connectivity index (χ0) is 12.5. The highest BCUT2D eigenvalue weighted by molar-refractivity contribution is 5.49. The second kappa shape index (κ2) is 4.44. The second-order valence-electron chi connectivity index (χ2n) is 3.69. The topological polar surface area (TPSA) is 44.5 Å². The van der Waals surface area contributed by atoms with E-state index < -0.39 is 11.7 Å². The Kier molecular flexibility index (Phi) is 3.15. The number of hydrogen-bond acceptors (Lipinski definition) is 3. The zero-order valence-electron chi connectivity index (χ0n) is 9.01. The Hall–Kier alpha value is -1.43. The standard InChI is InChI=1S/C11H12F3NO2/c12-11(13,14)8-6-10-9(16-3-4-17-10)5-7(8)1-2-15/h5-6H,1-4,15H2. The molecule has 2 N–H and O–H groups in total. The van der Waals surface area contributed by atoms with Gasteiger partial charge in [0.25, 0.3) is 0 Å². The fraction of sp³-hybridized carbons (Fsp3) is 0.455. The lowest BCUT2D eigenvalue weighted by Gasteiger charge is -2.22. The van der Waals surface area contributed by atoms with Gasteiger partial charge in [-0.15, -0.1) is 0 Å². The van der Waals surface area contributed by atoms with Crippen LogP contribution in [0.1, 0.15) is 11.1 Å². The molecule has 3 nitrogen and oxygen atoms in total. The van der Waals surface area contributed by atoms with E-state index in [1.165, 1.54) is 6.07 Å². The van der Waals surface area contributed by atoms with Crippen LogP contribution in [-0.2, 0) is 12.6 Å². The molecule has 94 valence electrons. The van der Waals surface area contributed by atoms with Crippen molar-refractivity contribution >= 4 is 0 Å². The number of rotatable bonds is 2. The fourth-order valence-corrected chi connectivity index (χ4v) is 1.76. The van der Waals surface area contributed by atoms with E-state index in [0.29, 0.717) is 12.4 Å². The molecule has 0 fully saturated rings. The molecular formula is C11H12F3NO2. The maximum atomic E-state index is 12.8. The summed E-state index contributed by atoms with van der Waals surface area (Å²) in [6, 6.07) is 2.35. The van der Waals surface area contributed by atoms with Crippen molar-refractivity contribution in [2.45, 2.75) is 12.6 Å². The molecule has 1 aliphatic heterocycles. The van der Waals surface area contributed by atoms with Crippen LogP contribution in [0.4, 0.5) is 13.2 Å². The van der Waals surface area contributed by atoms with Crippen LogP contribution in [0.5, 0.6) is 11.5 Å². The minimum Gasteiger partial charge on any atom is -0.486 e. The average Bonchev–Trinajstić information content (AvgIpc) is 2.27. The molecule has 0 radical (unpaired) electrons. The third kappa shape index (κ3) is 2.46. The Bertz CT molecular complexity index is 418. The van der Waals surface area contributed by atoms with Gasteiger partial charge in [-0.25, -0.2) is 0 Å². The third-order valence-electron chi connectivity index (χ3n) is 2.49. The summed E-state index contributed by atoms with van der Waals surface area (Å²) in [5.74, 6) is 0.497. The average molecular weight is 247 g/mol. The van der Waals surface area contributed by atoms with E-state index in [-0.39, 0.29) is 30.9 Å². The maximum Gasteiger partial charge on any atom is 0.416 e. The lowest BCUT2D eigenvalue weighted by Crippen LogP contribution is -2.18. The lowest BCUT2D eigenvalue weighted by molar-refractivity contribution is -0.138. The molecule has 0 spiro atoms. The molecular weight excluding hydrogens is 235 g/mol. The molecule has 2 rings (SSSR count). The minimum absolute atomic E-state index is 0.143. The summed E-state index contributed by atoms with van der Waals surface area (Å²) in [7, 11) is 0. The zero-order valence-corrected chi connectivity index (χ0v) is 9.01. The van der Waals surface area contributed by atoms with Crippen molar-refractivity contribution in [3.63, 3.8) is 0 Å². The highest BCUT2D eigenvalue weighted by Crippen LogP contribution is 2.40. The fourth-order valence-electron chi connectivity index (χ4n) is 1.76. The molecule has 0 amide bonds. The van der Waals surface area contributed by atoms with Crippen LogP contribution in [0, 0.1) is 0 Å². The molecule has 1 aromatic rings. The Morgan fingerprint density at radius 1 is 1.12 bits per heavy atom. The number of nitrogens with two attached hydrogens (primary N) is 1. The number of hydrogen-bond donors (Lipinski definition) is 1. The van der Waals surface area contributed by atoms with Gasteiger partial charge in [0, 0.05) is 0 Å². The van der Waals surface area contributed by atoms with E-state index in [1.807, 2.05) is 0 Å². The van der Waals surface area contributed by atoms with Crippen molar-refractivity contribution in [1.29, 1.82) is 0 Å². The van der Waals surface area contributed by atoms with E-state index >= 15 is 0 Å². The normalized spacial score (nSPS) is 14.8. The smallest absolute Gasteiger partial charge is 0.416 e. The molecule has 6 heteroatoms. The van der Waals surface area contributed by atoms with Gasteiger partial charge in [-0.3, -0.25) is 0 Å². The first-order valence-electron chi connectivity index (χ1n) is 5.22. The molecule has 1 aliphatic rings. The van der Waals surface area contributed by atoms with Crippen LogP contribution in [0.15, 0.2) is 12.1 Å². The monoisotopic (exact) mass is 247 g/mol. The number of halogens is 3.